The first-order valence-electron chi connectivity index (χ1n) is 9.71. The molecule has 0 unspecified atom stereocenters. The lowest BCUT2D eigenvalue weighted by Gasteiger charge is -2.18. The minimum atomic E-state index is -1.10. The molecule has 11 heteroatoms. The third-order valence-electron chi connectivity index (χ3n) is 4.75. The molecule has 0 atom stereocenters. The number of aromatic nitrogens is 3. The van der Waals surface area contributed by atoms with Crippen molar-refractivity contribution in [3.63, 3.8) is 0 Å². The van der Waals surface area contributed by atoms with Gasteiger partial charge in [-0.3, -0.25) is 4.79 Å². The molecule has 0 saturated carbocycles. The summed E-state index contributed by atoms with van der Waals surface area (Å²) in [5.74, 6) is -1.71. The quantitative estimate of drug-likeness (QED) is 0.358. The summed E-state index contributed by atoms with van der Waals surface area (Å²) in [6.45, 7) is 2.93. The van der Waals surface area contributed by atoms with Crippen LogP contribution in [-0.4, -0.2) is 27.5 Å². The van der Waals surface area contributed by atoms with E-state index in [9.17, 15) is 18.5 Å². The number of thiazole rings is 1. The van der Waals surface area contributed by atoms with Gasteiger partial charge in [0.2, 0.25) is 0 Å². The van der Waals surface area contributed by atoms with Crippen LogP contribution in [0.1, 0.15) is 13.8 Å². The van der Waals surface area contributed by atoms with Gasteiger partial charge in [-0.1, -0.05) is 17.4 Å². The highest BCUT2D eigenvalue weighted by atomic mass is 32.1. The number of nitroso groups, excluding NO2 is 1. The summed E-state index contributed by atoms with van der Waals surface area (Å²) in [5, 5.41) is 5.77. The molecule has 0 aliphatic carbocycles. The topological polar surface area (TPSA) is 106 Å². The maximum atomic E-state index is 14.7. The van der Waals surface area contributed by atoms with Crippen LogP contribution in [-0.2, 0) is 4.79 Å². The molecular weight excluding hydrogens is 452 g/mol. The van der Waals surface area contributed by atoms with Crippen LogP contribution in [0.25, 0.3) is 21.3 Å². The van der Waals surface area contributed by atoms with Crippen molar-refractivity contribution in [1.29, 1.82) is 0 Å². The number of rotatable bonds is 7. The van der Waals surface area contributed by atoms with Gasteiger partial charge in [-0.05, 0) is 49.7 Å². The Labute approximate surface area is 190 Å². The van der Waals surface area contributed by atoms with Crippen LogP contribution in [0.3, 0.4) is 0 Å². The summed E-state index contributed by atoms with van der Waals surface area (Å²) in [6, 6.07) is 8.85. The van der Waals surface area contributed by atoms with Crippen LogP contribution in [0.4, 0.5) is 19.6 Å². The molecule has 0 spiro atoms. The van der Waals surface area contributed by atoms with Gasteiger partial charge < -0.3 is 10.1 Å². The van der Waals surface area contributed by atoms with Gasteiger partial charge in [-0.2, -0.15) is 0 Å². The van der Waals surface area contributed by atoms with E-state index in [2.05, 4.69) is 25.4 Å². The molecule has 0 aliphatic heterocycles. The van der Waals surface area contributed by atoms with Gasteiger partial charge in [-0.25, -0.2) is 23.7 Å². The minimum Gasteiger partial charge on any atom is -0.462 e. The molecule has 4 rings (SSSR count). The number of nitrogens with zero attached hydrogens (tertiary/aromatic N) is 4. The number of amides is 1. The Morgan fingerprint density at radius 2 is 1.88 bits per heavy atom. The summed E-state index contributed by atoms with van der Waals surface area (Å²) in [6.07, 6.45) is 2.91. The monoisotopic (exact) mass is 469 g/mol. The van der Waals surface area contributed by atoms with Gasteiger partial charge >= 0.3 is 6.01 Å². The van der Waals surface area contributed by atoms with Crippen LogP contribution in [0.2, 0.25) is 0 Å². The third-order valence-corrected chi connectivity index (χ3v) is 5.68. The van der Waals surface area contributed by atoms with Gasteiger partial charge in [0.25, 0.3) is 5.91 Å². The van der Waals surface area contributed by atoms with Crippen LogP contribution in [0, 0.1) is 22.0 Å². The molecule has 4 aromatic rings. The first-order chi connectivity index (χ1) is 15.7. The maximum absolute atomic E-state index is 14.7. The van der Waals surface area contributed by atoms with Crippen molar-refractivity contribution < 1.29 is 18.3 Å². The first-order valence-corrected chi connectivity index (χ1v) is 10.5. The van der Waals surface area contributed by atoms with Gasteiger partial charge in [0.15, 0.2) is 5.13 Å². The summed E-state index contributed by atoms with van der Waals surface area (Å²) < 4.78 is 34.1. The standard InChI is InChI=1S/C22H17F2N5O3S/c1-22(2,19(30)29-31)11-32-20-25-9-13(10-26-20)12-3-5-16(15(24)7-12)27-21-28-17-6-4-14(23)8-18(17)33-21/h3-10H,11H2,1-2H3,(H,27,28). The van der Waals surface area contributed by atoms with Crippen molar-refractivity contribution in [3.8, 4) is 17.1 Å². The number of benzene rings is 2. The van der Waals surface area contributed by atoms with Crippen LogP contribution >= 0.6 is 11.3 Å². The number of nitrogens with one attached hydrogen (secondary N) is 1. The SMILES string of the molecule is CC(C)(COc1ncc(-c2ccc(Nc3nc4ccc(F)cc4s3)c(F)c2)cn1)C(=O)N=O. The lowest BCUT2D eigenvalue weighted by atomic mass is 9.94. The lowest BCUT2D eigenvalue weighted by Crippen LogP contribution is -2.29. The molecule has 2 aromatic heterocycles. The molecule has 2 aromatic carbocycles. The maximum Gasteiger partial charge on any atom is 0.316 e. The highest BCUT2D eigenvalue weighted by Crippen LogP contribution is 2.31. The van der Waals surface area contributed by atoms with Crippen molar-refractivity contribution in [2.75, 3.05) is 11.9 Å². The highest BCUT2D eigenvalue weighted by molar-refractivity contribution is 7.22. The van der Waals surface area contributed by atoms with Crippen molar-refractivity contribution in [3.05, 3.63) is 65.3 Å². The highest BCUT2D eigenvalue weighted by Gasteiger charge is 2.30. The molecule has 33 heavy (non-hydrogen) atoms. The normalized spacial score (nSPS) is 11.4. The molecule has 0 fully saturated rings. The van der Waals surface area contributed by atoms with E-state index in [0.29, 0.717) is 26.5 Å². The van der Waals surface area contributed by atoms with Gasteiger partial charge in [0.05, 0.1) is 21.3 Å². The molecule has 1 N–H and O–H groups in total. The second-order valence-electron chi connectivity index (χ2n) is 7.77. The van der Waals surface area contributed by atoms with Crippen LogP contribution < -0.4 is 10.1 Å². The molecule has 168 valence electrons. The second-order valence-corrected chi connectivity index (χ2v) is 8.80. The molecule has 2 heterocycles. The number of halogens is 2. The fraction of sp³-hybridized carbons (Fsp3) is 0.182. The van der Waals surface area contributed by atoms with E-state index < -0.39 is 17.1 Å². The van der Waals surface area contributed by atoms with Crippen LogP contribution in [0.15, 0.2) is 54.0 Å². The van der Waals surface area contributed by atoms with Gasteiger partial charge in [0, 0.05) is 23.1 Å². The Morgan fingerprint density at radius 1 is 1.12 bits per heavy atom. The molecule has 0 radical (unpaired) electrons. The summed E-state index contributed by atoms with van der Waals surface area (Å²) in [5.41, 5.74) is 0.822. The predicted molar refractivity (Wildman–Crippen MR) is 120 cm³/mol. The summed E-state index contributed by atoms with van der Waals surface area (Å²) >= 11 is 1.22. The fourth-order valence-electron chi connectivity index (χ4n) is 2.83. The van der Waals surface area contributed by atoms with Crippen molar-refractivity contribution in [1.82, 2.24) is 15.0 Å². The molecule has 0 bridgehead atoms. The van der Waals surface area contributed by atoms with Crippen molar-refractivity contribution >= 4 is 38.3 Å². The Kier molecular flexibility index (Phi) is 6.05. The van der Waals surface area contributed by atoms with E-state index in [1.54, 1.807) is 18.2 Å². The number of anilines is 2. The first kappa shape index (κ1) is 22.3. The zero-order chi connectivity index (χ0) is 23.6. The number of fused-ring (bicyclic) bond motifs is 1. The van der Waals surface area contributed by atoms with E-state index in [0.717, 1.165) is 0 Å². The fourth-order valence-corrected chi connectivity index (χ4v) is 3.74. The number of hydrogen-bond acceptors (Lipinski definition) is 8. The summed E-state index contributed by atoms with van der Waals surface area (Å²) in [7, 11) is 0. The second kappa shape index (κ2) is 8.94. The van der Waals surface area contributed by atoms with Gasteiger partial charge in [0.1, 0.15) is 18.2 Å². The Bertz CT molecular complexity index is 1340. The average molecular weight is 469 g/mol. The number of carbonyl (C=O) groups is 1. The average Bonchev–Trinajstić information content (AvgIpc) is 3.20. The minimum absolute atomic E-state index is 0.0107. The third kappa shape index (κ3) is 4.98. The molecule has 8 nitrogen and oxygen atoms in total. The number of hydrogen-bond donors (Lipinski definition) is 1. The predicted octanol–water partition coefficient (Wildman–Crippen LogP) is 5.47. The Hall–Kier alpha value is -3.86. The van der Waals surface area contributed by atoms with E-state index in [1.807, 2.05) is 0 Å². The molecular formula is C22H17F2N5O3S. The lowest BCUT2D eigenvalue weighted by molar-refractivity contribution is -0.127. The molecule has 0 saturated heterocycles. The Morgan fingerprint density at radius 3 is 2.58 bits per heavy atom. The van der Waals surface area contributed by atoms with Crippen molar-refractivity contribution in [2.45, 2.75) is 13.8 Å². The number of ether oxygens (including phenoxy) is 1. The number of carbonyl (C=O) groups excluding carboxylic acids is 1. The van der Waals surface area contributed by atoms with E-state index in [4.69, 9.17) is 4.74 Å². The van der Waals surface area contributed by atoms with Crippen LogP contribution in [0.5, 0.6) is 6.01 Å². The van der Waals surface area contributed by atoms with E-state index in [1.165, 1.54) is 55.8 Å². The molecule has 0 aliphatic rings. The van der Waals surface area contributed by atoms with Crippen molar-refractivity contribution in [2.24, 2.45) is 10.6 Å². The molecule has 1 amide bonds. The zero-order valence-corrected chi connectivity index (χ0v) is 18.3. The smallest absolute Gasteiger partial charge is 0.316 e. The Balaban J connectivity index is 1.46. The largest absolute Gasteiger partial charge is 0.462 e. The van der Waals surface area contributed by atoms with Gasteiger partial charge in [-0.15, -0.1) is 4.91 Å². The van der Waals surface area contributed by atoms with E-state index >= 15 is 0 Å². The zero-order valence-electron chi connectivity index (χ0n) is 17.5. The summed E-state index contributed by atoms with van der Waals surface area (Å²) in [4.78, 5) is 34.4. The van der Waals surface area contributed by atoms with E-state index in [-0.39, 0.29) is 24.1 Å².